The molecule has 0 spiro atoms. The van der Waals surface area contributed by atoms with Crippen molar-refractivity contribution < 1.29 is 4.79 Å². The first kappa shape index (κ1) is 21.5. The fourth-order valence-corrected chi connectivity index (χ4v) is 5.53. The summed E-state index contributed by atoms with van der Waals surface area (Å²) in [5.74, 6) is -0.790. The Morgan fingerprint density at radius 1 is 1.00 bits per heavy atom. The second-order valence-corrected chi connectivity index (χ2v) is 9.56. The van der Waals surface area contributed by atoms with E-state index in [4.69, 9.17) is 11.6 Å². The molecule has 0 aromatic heterocycles. The quantitative estimate of drug-likeness (QED) is 0.380. The van der Waals surface area contributed by atoms with E-state index >= 15 is 0 Å². The molecule has 3 aromatic carbocycles. The summed E-state index contributed by atoms with van der Waals surface area (Å²) in [5, 5.41) is 21.4. The number of halogens is 2. The third kappa shape index (κ3) is 3.28. The van der Waals surface area contributed by atoms with Crippen molar-refractivity contribution in [2.75, 3.05) is 4.90 Å². The Kier molecular flexibility index (Phi) is 5.33. The van der Waals surface area contributed by atoms with Crippen LogP contribution in [0.1, 0.15) is 27.4 Å². The van der Waals surface area contributed by atoms with Crippen molar-refractivity contribution in [2.24, 2.45) is 5.41 Å². The van der Waals surface area contributed by atoms with Crippen LogP contribution in [0.25, 0.3) is 6.08 Å². The van der Waals surface area contributed by atoms with Gasteiger partial charge in [0.05, 0.1) is 18.2 Å². The van der Waals surface area contributed by atoms with Crippen LogP contribution in [0.15, 0.2) is 83.3 Å². The molecule has 0 unspecified atom stereocenters. The first-order chi connectivity index (χ1) is 16.0. The van der Waals surface area contributed by atoms with Gasteiger partial charge < -0.3 is 4.90 Å². The van der Waals surface area contributed by atoms with Crippen molar-refractivity contribution in [1.82, 2.24) is 0 Å². The number of rotatable bonds is 3. The largest absolute Gasteiger partial charge is 0.351 e. The normalized spacial score (nSPS) is 22.1. The SMILES string of the molecule is N#CC1(C#N)[C@H](c2ccc(Br)cc2)[C@H](C(=O)c2ccccc2)N2c3ccc(Cl)cc3C=C[C@@H]21. The second kappa shape index (κ2) is 8.19. The van der Waals surface area contributed by atoms with Gasteiger partial charge >= 0.3 is 0 Å². The zero-order valence-corrected chi connectivity index (χ0v) is 19.7. The Morgan fingerprint density at radius 3 is 2.36 bits per heavy atom. The Labute approximate surface area is 205 Å². The van der Waals surface area contributed by atoms with E-state index in [1.807, 2.05) is 71.6 Å². The number of carbonyl (C=O) groups excluding carboxylic acids is 1. The monoisotopic (exact) mass is 513 g/mol. The smallest absolute Gasteiger partial charge is 0.185 e. The van der Waals surface area contributed by atoms with Gasteiger partial charge in [-0.1, -0.05) is 82.1 Å². The highest BCUT2D eigenvalue weighted by molar-refractivity contribution is 9.10. The Bertz CT molecular complexity index is 1340. The summed E-state index contributed by atoms with van der Waals surface area (Å²) in [6.07, 6.45) is 3.75. The molecule has 2 aliphatic heterocycles. The number of nitriles is 2. The summed E-state index contributed by atoms with van der Waals surface area (Å²) < 4.78 is 0.882. The van der Waals surface area contributed by atoms with Gasteiger partial charge in [0.15, 0.2) is 11.2 Å². The number of carbonyl (C=O) groups is 1. The number of hydrogen-bond acceptors (Lipinski definition) is 4. The number of Topliss-reactive ketones (excluding diaryl/α,β-unsaturated/α-hetero) is 1. The van der Waals surface area contributed by atoms with Crippen LogP contribution in [0.2, 0.25) is 5.02 Å². The van der Waals surface area contributed by atoms with Crippen LogP contribution in [-0.2, 0) is 0 Å². The van der Waals surface area contributed by atoms with E-state index in [0.29, 0.717) is 10.6 Å². The van der Waals surface area contributed by atoms with Gasteiger partial charge in [0, 0.05) is 26.7 Å². The molecule has 1 saturated heterocycles. The highest BCUT2D eigenvalue weighted by Gasteiger charge is 2.63. The van der Waals surface area contributed by atoms with Gasteiger partial charge in [0.25, 0.3) is 0 Å². The van der Waals surface area contributed by atoms with Gasteiger partial charge in [-0.05, 0) is 41.5 Å². The van der Waals surface area contributed by atoms with E-state index in [-0.39, 0.29) is 5.78 Å². The third-order valence-electron chi connectivity index (χ3n) is 6.52. The zero-order chi connectivity index (χ0) is 23.2. The minimum Gasteiger partial charge on any atom is -0.351 e. The minimum atomic E-state index is -1.46. The van der Waals surface area contributed by atoms with E-state index in [2.05, 4.69) is 28.1 Å². The molecule has 1 fully saturated rings. The van der Waals surface area contributed by atoms with Gasteiger partial charge in [-0.15, -0.1) is 0 Å². The lowest BCUT2D eigenvalue weighted by atomic mass is 9.69. The summed E-state index contributed by atoms with van der Waals surface area (Å²) in [5.41, 5.74) is 1.49. The van der Waals surface area contributed by atoms with E-state index in [1.165, 1.54) is 0 Å². The van der Waals surface area contributed by atoms with E-state index in [1.54, 1.807) is 18.2 Å². The molecule has 0 bridgehead atoms. The molecule has 0 saturated carbocycles. The third-order valence-corrected chi connectivity index (χ3v) is 7.29. The highest BCUT2D eigenvalue weighted by atomic mass is 79.9. The number of benzene rings is 3. The molecule has 0 amide bonds. The molecular weight excluding hydrogens is 498 g/mol. The molecule has 0 radical (unpaired) electrons. The molecule has 2 aliphatic rings. The van der Waals surface area contributed by atoms with Crippen LogP contribution in [-0.4, -0.2) is 17.9 Å². The molecule has 160 valence electrons. The maximum absolute atomic E-state index is 14.0. The van der Waals surface area contributed by atoms with Crippen molar-refractivity contribution in [3.05, 3.63) is 105 Å². The minimum absolute atomic E-state index is 0.128. The van der Waals surface area contributed by atoms with Crippen LogP contribution in [0, 0.1) is 28.1 Å². The average molecular weight is 515 g/mol. The summed E-state index contributed by atoms with van der Waals surface area (Å²) in [7, 11) is 0. The van der Waals surface area contributed by atoms with E-state index < -0.39 is 23.4 Å². The molecule has 4 nitrogen and oxygen atoms in total. The van der Waals surface area contributed by atoms with Gasteiger partial charge in [0.1, 0.15) is 6.04 Å². The van der Waals surface area contributed by atoms with Crippen molar-refractivity contribution in [3.8, 4) is 12.1 Å². The lowest BCUT2D eigenvalue weighted by Gasteiger charge is -2.35. The number of hydrogen-bond donors (Lipinski definition) is 0. The number of anilines is 1. The maximum Gasteiger partial charge on any atom is 0.185 e. The summed E-state index contributed by atoms with van der Waals surface area (Å²) in [6.45, 7) is 0. The summed E-state index contributed by atoms with van der Waals surface area (Å²) in [6, 6.07) is 25.3. The van der Waals surface area contributed by atoms with Crippen molar-refractivity contribution >= 4 is 45.1 Å². The van der Waals surface area contributed by atoms with Crippen LogP contribution in [0.5, 0.6) is 0 Å². The predicted octanol–water partition coefficient (Wildman–Crippen LogP) is 6.39. The standard InChI is InChI=1S/C27H17BrClN3O/c28-20-9-6-17(7-10-20)24-25(26(33)18-4-2-1-3-5-18)32-22-12-11-21(29)14-19(22)8-13-23(32)27(24,15-30)16-31/h1-14,23-25H/t23-,24-,25-/m1/s1. The topological polar surface area (TPSA) is 67.9 Å². The van der Waals surface area contributed by atoms with Crippen LogP contribution in [0.3, 0.4) is 0 Å². The zero-order valence-electron chi connectivity index (χ0n) is 17.3. The second-order valence-electron chi connectivity index (χ2n) is 8.21. The van der Waals surface area contributed by atoms with Gasteiger partial charge in [-0.3, -0.25) is 4.79 Å². The number of nitrogens with zero attached hydrogens (tertiary/aromatic N) is 3. The molecular formula is C27H17BrClN3O. The maximum atomic E-state index is 14.0. The molecule has 0 aliphatic carbocycles. The molecule has 5 rings (SSSR count). The van der Waals surface area contributed by atoms with E-state index in [9.17, 15) is 15.3 Å². The fraction of sp³-hybridized carbons (Fsp3) is 0.148. The fourth-order valence-electron chi connectivity index (χ4n) is 5.08. The molecule has 33 heavy (non-hydrogen) atoms. The number of fused-ring (bicyclic) bond motifs is 3. The highest BCUT2D eigenvalue weighted by Crippen LogP contribution is 2.55. The van der Waals surface area contributed by atoms with E-state index in [0.717, 1.165) is 21.3 Å². The lowest BCUT2D eigenvalue weighted by Crippen LogP contribution is -2.44. The average Bonchev–Trinajstić information content (AvgIpc) is 3.15. The molecule has 3 atom stereocenters. The van der Waals surface area contributed by atoms with Gasteiger partial charge in [-0.25, -0.2) is 0 Å². The van der Waals surface area contributed by atoms with Crippen LogP contribution >= 0.6 is 27.5 Å². The first-order valence-electron chi connectivity index (χ1n) is 10.4. The first-order valence-corrected chi connectivity index (χ1v) is 11.6. The van der Waals surface area contributed by atoms with Gasteiger partial charge in [0.2, 0.25) is 0 Å². The Morgan fingerprint density at radius 2 is 1.70 bits per heavy atom. The van der Waals surface area contributed by atoms with Gasteiger partial charge in [-0.2, -0.15) is 10.5 Å². The van der Waals surface area contributed by atoms with Crippen LogP contribution in [0.4, 0.5) is 5.69 Å². The summed E-state index contributed by atoms with van der Waals surface area (Å²) >= 11 is 9.69. The predicted molar refractivity (Wildman–Crippen MR) is 132 cm³/mol. The Hall–Kier alpha value is -3.38. The molecule has 6 heteroatoms. The van der Waals surface area contributed by atoms with Crippen LogP contribution < -0.4 is 4.90 Å². The lowest BCUT2D eigenvalue weighted by molar-refractivity contribution is 0.0951. The molecule has 2 heterocycles. The van der Waals surface area contributed by atoms with Crippen molar-refractivity contribution in [1.29, 1.82) is 10.5 Å². The number of ketones is 1. The van der Waals surface area contributed by atoms with Crippen molar-refractivity contribution in [2.45, 2.75) is 18.0 Å². The molecule has 3 aromatic rings. The van der Waals surface area contributed by atoms with Crippen molar-refractivity contribution in [3.63, 3.8) is 0 Å². The Balaban J connectivity index is 1.79. The summed E-state index contributed by atoms with van der Waals surface area (Å²) in [4.78, 5) is 16.0. The molecule has 0 N–H and O–H groups in total.